The van der Waals surface area contributed by atoms with Crippen LogP contribution < -0.4 is 0 Å². The smallest absolute Gasteiger partial charge is 0.254 e. The molecule has 0 N–H and O–H groups in total. The predicted molar refractivity (Wildman–Crippen MR) is 111 cm³/mol. The van der Waals surface area contributed by atoms with E-state index in [1.807, 2.05) is 49.2 Å². The van der Waals surface area contributed by atoms with Crippen LogP contribution in [0, 0.1) is 0 Å². The Labute approximate surface area is 170 Å². The summed E-state index contributed by atoms with van der Waals surface area (Å²) in [6.45, 7) is 5.30. The molecule has 1 heterocycles. The fraction of sp³-hybridized carbons (Fsp3) is 0.227. The zero-order chi connectivity index (χ0) is 19.4. The van der Waals surface area contributed by atoms with E-state index in [0.717, 1.165) is 12.2 Å². The van der Waals surface area contributed by atoms with Gasteiger partial charge in [-0.2, -0.15) is 0 Å². The van der Waals surface area contributed by atoms with Crippen molar-refractivity contribution < 1.29 is 4.79 Å². The van der Waals surface area contributed by atoms with Crippen LogP contribution in [0.3, 0.4) is 0 Å². The first kappa shape index (κ1) is 19.5. The fourth-order valence-electron chi connectivity index (χ4n) is 3.03. The molecule has 0 bridgehead atoms. The van der Waals surface area contributed by atoms with Crippen molar-refractivity contribution in [2.75, 3.05) is 0 Å². The van der Waals surface area contributed by atoms with Gasteiger partial charge in [-0.25, -0.2) is 0 Å². The maximum atomic E-state index is 13.1. The molecule has 3 aromatic rings. The van der Waals surface area contributed by atoms with Gasteiger partial charge in [0.05, 0.1) is 6.54 Å². The Morgan fingerprint density at radius 2 is 1.67 bits per heavy atom. The molecular formula is C22H22Cl2N2O. The summed E-state index contributed by atoms with van der Waals surface area (Å²) in [5, 5.41) is 0.920. The van der Waals surface area contributed by atoms with E-state index < -0.39 is 0 Å². The standard InChI is InChI=1S/C22H22Cl2N2O/c1-16(2)26(22(27)18-11-19(23)13-20(24)12-18)15-21-9-6-10-25(21)14-17-7-4-3-5-8-17/h3-13,16H,14-15H2,1-2H3. The molecule has 0 saturated carbocycles. The van der Waals surface area contributed by atoms with Crippen molar-refractivity contribution >= 4 is 29.1 Å². The van der Waals surface area contributed by atoms with Gasteiger partial charge in [0, 0.05) is 40.1 Å². The number of aromatic nitrogens is 1. The molecule has 140 valence electrons. The second kappa shape index (κ2) is 8.64. The number of rotatable bonds is 6. The first-order valence-electron chi connectivity index (χ1n) is 8.89. The molecular weight excluding hydrogens is 379 g/mol. The van der Waals surface area contributed by atoms with Crippen molar-refractivity contribution in [3.63, 3.8) is 0 Å². The fourth-order valence-corrected chi connectivity index (χ4v) is 3.56. The van der Waals surface area contributed by atoms with Gasteiger partial charge in [0.2, 0.25) is 0 Å². The van der Waals surface area contributed by atoms with Gasteiger partial charge in [0.25, 0.3) is 5.91 Å². The van der Waals surface area contributed by atoms with Crippen LogP contribution >= 0.6 is 23.2 Å². The first-order valence-corrected chi connectivity index (χ1v) is 9.64. The van der Waals surface area contributed by atoms with Crippen molar-refractivity contribution in [2.45, 2.75) is 33.0 Å². The Morgan fingerprint density at radius 3 is 2.30 bits per heavy atom. The minimum absolute atomic E-state index is 0.0373. The van der Waals surface area contributed by atoms with E-state index in [4.69, 9.17) is 23.2 Å². The number of carbonyl (C=O) groups is 1. The van der Waals surface area contributed by atoms with Crippen LogP contribution in [0.2, 0.25) is 10.0 Å². The summed E-state index contributed by atoms with van der Waals surface area (Å²) in [6.07, 6.45) is 2.04. The van der Waals surface area contributed by atoms with Gasteiger partial charge in [0.1, 0.15) is 0 Å². The van der Waals surface area contributed by atoms with Crippen molar-refractivity contribution in [1.29, 1.82) is 0 Å². The van der Waals surface area contributed by atoms with Gasteiger partial charge in [-0.05, 0) is 49.7 Å². The third kappa shape index (κ3) is 4.94. The Morgan fingerprint density at radius 1 is 1.00 bits per heavy atom. The maximum absolute atomic E-state index is 13.1. The monoisotopic (exact) mass is 400 g/mol. The highest BCUT2D eigenvalue weighted by molar-refractivity contribution is 6.35. The second-order valence-electron chi connectivity index (χ2n) is 6.80. The maximum Gasteiger partial charge on any atom is 0.254 e. The van der Waals surface area contributed by atoms with Gasteiger partial charge in [-0.3, -0.25) is 4.79 Å². The Balaban J connectivity index is 1.83. The van der Waals surface area contributed by atoms with E-state index in [-0.39, 0.29) is 11.9 Å². The highest BCUT2D eigenvalue weighted by Crippen LogP contribution is 2.22. The molecule has 5 heteroatoms. The number of hydrogen-bond donors (Lipinski definition) is 0. The largest absolute Gasteiger partial charge is 0.345 e. The average Bonchev–Trinajstić information content (AvgIpc) is 3.05. The number of hydrogen-bond acceptors (Lipinski definition) is 1. The van der Waals surface area contributed by atoms with E-state index >= 15 is 0 Å². The second-order valence-corrected chi connectivity index (χ2v) is 7.67. The highest BCUT2D eigenvalue weighted by Gasteiger charge is 2.21. The van der Waals surface area contributed by atoms with Gasteiger partial charge in [0.15, 0.2) is 0 Å². The van der Waals surface area contributed by atoms with Gasteiger partial charge < -0.3 is 9.47 Å². The molecule has 3 nitrogen and oxygen atoms in total. The van der Waals surface area contributed by atoms with Crippen molar-refractivity contribution in [1.82, 2.24) is 9.47 Å². The van der Waals surface area contributed by atoms with Crippen LogP contribution in [0.4, 0.5) is 0 Å². The van der Waals surface area contributed by atoms with E-state index in [2.05, 4.69) is 22.8 Å². The lowest BCUT2D eigenvalue weighted by molar-refractivity contribution is 0.0686. The van der Waals surface area contributed by atoms with Crippen LogP contribution in [-0.2, 0) is 13.1 Å². The molecule has 0 saturated heterocycles. The summed E-state index contributed by atoms with van der Waals surface area (Å²) < 4.78 is 2.17. The van der Waals surface area contributed by atoms with Crippen LogP contribution in [-0.4, -0.2) is 21.4 Å². The Bertz CT molecular complexity index is 899. The summed E-state index contributed by atoms with van der Waals surface area (Å²) in [7, 11) is 0. The van der Waals surface area contributed by atoms with Crippen LogP contribution in [0.1, 0.15) is 35.5 Å². The molecule has 0 fully saturated rings. The van der Waals surface area contributed by atoms with Gasteiger partial charge in [-0.15, -0.1) is 0 Å². The van der Waals surface area contributed by atoms with Crippen LogP contribution in [0.5, 0.6) is 0 Å². The summed E-state index contributed by atoms with van der Waals surface area (Å²) in [4.78, 5) is 14.9. The van der Waals surface area contributed by atoms with Crippen LogP contribution in [0.15, 0.2) is 66.9 Å². The predicted octanol–water partition coefficient (Wildman–Crippen LogP) is 5.89. The normalized spacial score (nSPS) is 11.0. The quantitative estimate of drug-likeness (QED) is 0.505. The Kier molecular flexibility index (Phi) is 6.25. The molecule has 0 aliphatic carbocycles. The number of nitrogens with zero attached hydrogens (tertiary/aromatic N) is 2. The lowest BCUT2D eigenvalue weighted by Crippen LogP contribution is -2.37. The average molecular weight is 401 g/mol. The third-order valence-electron chi connectivity index (χ3n) is 4.45. The number of halogens is 2. The lowest BCUT2D eigenvalue weighted by Gasteiger charge is -2.27. The van der Waals surface area contributed by atoms with Gasteiger partial charge >= 0.3 is 0 Å². The lowest BCUT2D eigenvalue weighted by atomic mass is 10.1. The third-order valence-corrected chi connectivity index (χ3v) is 4.88. The van der Waals surface area contributed by atoms with E-state index in [1.54, 1.807) is 18.2 Å². The summed E-state index contributed by atoms with van der Waals surface area (Å²) in [6, 6.07) is 19.3. The molecule has 0 unspecified atom stereocenters. The summed E-state index contributed by atoms with van der Waals surface area (Å²) in [5.74, 6) is -0.0816. The summed E-state index contributed by atoms with van der Waals surface area (Å²) in [5.41, 5.74) is 2.80. The molecule has 0 radical (unpaired) electrons. The molecule has 1 aromatic heterocycles. The van der Waals surface area contributed by atoms with Crippen molar-refractivity contribution in [2.24, 2.45) is 0 Å². The molecule has 27 heavy (non-hydrogen) atoms. The molecule has 0 aliphatic heterocycles. The summed E-state index contributed by atoms with van der Waals surface area (Å²) >= 11 is 12.2. The number of carbonyl (C=O) groups excluding carboxylic acids is 1. The molecule has 1 amide bonds. The SMILES string of the molecule is CC(C)N(Cc1cccn1Cc1ccccc1)C(=O)c1cc(Cl)cc(Cl)c1. The number of benzene rings is 2. The molecule has 0 aliphatic rings. The van der Waals surface area contributed by atoms with Crippen LogP contribution in [0.25, 0.3) is 0 Å². The van der Waals surface area contributed by atoms with Crippen molar-refractivity contribution in [3.8, 4) is 0 Å². The van der Waals surface area contributed by atoms with Crippen molar-refractivity contribution in [3.05, 3.63) is 93.7 Å². The Hall–Kier alpha value is -2.23. The zero-order valence-corrected chi connectivity index (χ0v) is 16.9. The van der Waals surface area contributed by atoms with E-state index in [0.29, 0.717) is 22.2 Å². The first-order chi connectivity index (χ1) is 12.9. The molecule has 0 atom stereocenters. The minimum Gasteiger partial charge on any atom is -0.345 e. The number of amides is 1. The molecule has 2 aromatic carbocycles. The van der Waals surface area contributed by atoms with E-state index in [1.165, 1.54) is 5.56 Å². The van der Waals surface area contributed by atoms with E-state index in [9.17, 15) is 4.79 Å². The highest BCUT2D eigenvalue weighted by atomic mass is 35.5. The molecule has 3 rings (SSSR count). The molecule has 0 spiro atoms. The minimum atomic E-state index is -0.0816. The van der Waals surface area contributed by atoms with Gasteiger partial charge in [-0.1, -0.05) is 53.5 Å². The zero-order valence-electron chi connectivity index (χ0n) is 15.4. The topological polar surface area (TPSA) is 25.2 Å².